The van der Waals surface area contributed by atoms with Gasteiger partial charge in [0.2, 0.25) is 12.0 Å². The molecule has 9 nitrogen and oxygen atoms in total. The van der Waals surface area contributed by atoms with Gasteiger partial charge in [-0.1, -0.05) is 34.1 Å². The number of carbonyl (C=O) groups is 3. The van der Waals surface area contributed by atoms with Crippen molar-refractivity contribution in [3.05, 3.63) is 0 Å². The zero-order valence-corrected chi connectivity index (χ0v) is 15.6. The summed E-state index contributed by atoms with van der Waals surface area (Å²) in [5.41, 5.74) is 0. The number of hydrogen-bond acceptors (Lipinski definition) is 6. The van der Waals surface area contributed by atoms with Crippen LogP contribution in [0.5, 0.6) is 0 Å². The first-order valence-electron chi connectivity index (χ1n) is 8.24. The van der Waals surface area contributed by atoms with Crippen LogP contribution in [0.25, 0.3) is 0 Å². The highest BCUT2D eigenvalue weighted by molar-refractivity contribution is 7.75. The molecule has 10 heteroatoms. The monoisotopic (exact) mass is 378 g/mol. The Bertz CT molecular complexity index is 526. The van der Waals surface area contributed by atoms with Crippen LogP contribution in [0.2, 0.25) is 0 Å². The number of carboxylic acids is 1. The molecular formula is C15H26N2O7S. The number of carbonyl (C=O) groups excluding carboxylic acids is 2. The van der Waals surface area contributed by atoms with E-state index in [1.807, 2.05) is 20.8 Å². The second-order valence-electron chi connectivity index (χ2n) is 6.42. The van der Waals surface area contributed by atoms with E-state index in [1.54, 1.807) is 6.92 Å². The first-order valence-corrected chi connectivity index (χ1v) is 9.24. The molecule has 0 spiro atoms. The van der Waals surface area contributed by atoms with Crippen LogP contribution in [-0.2, 0) is 34.1 Å². The Labute approximate surface area is 149 Å². The van der Waals surface area contributed by atoms with Gasteiger partial charge in [-0.25, -0.2) is 8.98 Å². The normalized spacial score (nSPS) is 25.4. The molecule has 0 aromatic heterocycles. The van der Waals surface area contributed by atoms with Crippen molar-refractivity contribution >= 4 is 29.1 Å². The number of aliphatic carboxylic acids is 1. The molecule has 1 saturated heterocycles. The van der Waals surface area contributed by atoms with Crippen molar-refractivity contribution in [1.82, 2.24) is 10.6 Å². The van der Waals surface area contributed by atoms with E-state index in [0.29, 0.717) is 18.9 Å². The Morgan fingerprint density at radius 2 is 1.76 bits per heavy atom. The van der Waals surface area contributed by atoms with E-state index in [1.165, 1.54) is 0 Å². The third kappa shape index (κ3) is 6.37. The molecule has 0 saturated carbocycles. The molecular weight excluding hydrogens is 352 g/mol. The maximum atomic E-state index is 12.4. The topological polar surface area (TPSA) is 131 Å². The lowest BCUT2D eigenvalue weighted by molar-refractivity contribution is -0.150. The predicted molar refractivity (Wildman–Crippen MR) is 89.4 cm³/mol. The van der Waals surface area contributed by atoms with Crippen molar-refractivity contribution < 1.29 is 32.1 Å². The molecule has 0 aliphatic carbocycles. The quantitative estimate of drug-likeness (QED) is 0.519. The van der Waals surface area contributed by atoms with E-state index in [4.69, 9.17) is 9.29 Å². The van der Waals surface area contributed by atoms with Gasteiger partial charge in [-0.05, 0) is 18.3 Å². The lowest BCUT2D eigenvalue weighted by Gasteiger charge is -2.25. The Hall–Kier alpha value is -1.52. The molecule has 2 unspecified atom stereocenters. The van der Waals surface area contributed by atoms with E-state index < -0.39 is 41.5 Å². The number of hydrogen-bond donors (Lipinski definition) is 3. The van der Waals surface area contributed by atoms with Gasteiger partial charge in [0.05, 0.1) is 0 Å². The molecule has 25 heavy (non-hydrogen) atoms. The summed E-state index contributed by atoms with van der Waals surface area (Å²) in [5, 5.41) is 14.3. The van der Waals surface area contributed by atoms with E-state index in [-0.39, 0.29) is 11.8 Å². The van der Waals surface area contributed by atoms with Crippen LogP contribution in [0.4, 0.5) is 0 Å². The Balaban J connectivity index is 2.76. The molecule has 1 fully saturated rings. The minimum atomic E-state index is -2.31. The fraction of sp³-hybridized carbons (Fsp3) is 0.800. The van der Waals surface area contributed by atoms with Gasteiger partial charge >= 0.3 is 17.3 Å². The SMILES string of the molecule is CC[C@H](C)C(NC(=O)[C@H]1OS(=O)O[C@@H]1C(=O)O)C(=O)NCCC(C)C. The van der Waals surface area contributed by atoms with Crippen LogP contribution in [0, 0.1) is 11.8 Å². The zero-order chi connectivity index (χ0) is 19.1. The molecule has 3 N–H and O–H groups in total. The van der Waals surface area contributed by atoms with Crippen LogP contribution < -0.4 is 10.6 Å². The van der Waals surface area contributed by atoms with Crippen LogP contribution in [0.3, 0.4) is 0 Å². The lowest BCUT2D eigenvalue weighted by Crippen LogP contribution is -2.54. The average molecular weight is 378 g/mol. The molecule has 1 aliphatic rings. The fourth-order valence-electron chi connectivity index (χ4n) is 2.18. The van der Waals surface area contributed by atoms with Gasteiger partial charge in [0.25, 0.3) is 5.91 Å². The number of amides is 2. The summed E-state index contributed by atoms with van der Waals surface area (Å²) in [5.74, 6) is -2.42. The summed E-state index contributed by atoms with van der Waals surface area (Å²) in [7, 11) is 0. The van der Waals surface area contributed by atoms with Gasteiger partial charge in [0, 0.05) is 6.54 Å². The highest BCUT2D eigenvalue weighted by Crippen LogP contribution is 2.19. The van der Waals surface area contributed by atoms with Gasteiger partial charge < -0.3 is 15.7 Å². The molecule has 1 aliphatic heterocycles. The van der Waals surface area contributed by atoms with E-state index in [0.717, 1.165) is 6.42 Å². The first kappa shape index (κ1) is 21.5. The predicted octanol–water partition coefficient (Wildman–Crippen LogP) is 0.127. The van der Waals surface area contributed by atoms with Crippen LogP contribution >= 0.6 is 0 Å². The van der Waals surface area contributed by atoms with Crippen molar-refractivity contribution in [3.8, 4) is 0 Å². The number of nitrogens with one attached hydrogen (secondary N) is 2. The molecule has 2 amide bonds. The molecule has 144 valence electrons. The van der Waals surface area contributed by atoms with Crippen LogP contribution in [-0.4, -0.2) is 51.9 Å². The van der Waals surface area contributed by atoms with Crippen molar-refractivity contribution in [3.63, 3.8) is 0 Å². The molecule has 5 atom stereocenters. The number of carboxylic acid groups (broad SMARTS) is 1. The first-order chi connectivity index (χ1) is 11.7. The summed E-state index contributed by atoms with van der Waals surface area (Å²) in [6, 6.07) is -0.850. The molecule has 1 rings (SSSR count). The van der Waals surface area contributed by atoms with Gasteiger partial charge in [-0.3, -0.25) is 13.8 Å². The van der Waals surface area contributed by atoms with E-state index >= 15 is 0 Å². The van der Waals surface area contributed by atoms with Crippen molar-refractivity contribution in [2.24, 2.45) is 11.8 Å². The van der Waals surface area contributed by atoms with E-state index in [2.05, 4.69) is 14.8 Å². The van der Waals surface area contributed by atoms with Crippen molar-refractivity contribution in [1.29, 1.82) is 0 Å². The molecule has 0 bridgehead atoms. The molecule has 0 aromatic carbocycles. The van der Waals surface area contributed by atoms with Crippen molar-refractivity contribution in [2.45, 2.75) is 58.8 Å². The maximum absolute atomic E-state index is 12.4. The Kier molecular flexibility index (Phi) is 8.46. The van der Waals surface area contributed by atoms with Crippen molar-refractivity contribution in [2.75, 3.05) is 6.54 Å². The summed E-state index contributed by atoms with van der Waals surface area (Å²) in [4.78, 5) is 35.8. The highest BCUT2D eigenvalue weighted by atomic mass is 32.2. The Morgan fingerprint density at radius 1 is 1.16 bits per heavy atom. The summed E-state index contributed by atoms with van der Waals surface area (Å²) < 4.78 is 20.5. The zero-order valence-electron chi connectivity index (χ0n) is 14.8. The molecule has 0 radical (unpaired) electrons. The Morgan fingerprint density at radius 3 is 2.28 bits per heavy atom. The smallest absolute Gasteiger partial charge is 0.337 e. The fourth-order valence-corrected chi connectivity index (χ4v) is 2.93. The minimum Gasteiger partial charge on any atom is -0.479 e. The molecule has 0 aromatic rings. The largest absolute Gasteiger partial charge is 0.479 e. The average Bonchev–Trinajstić information content (AvgIpc) is 2.93. The summed E-state index contributed by atoms with van der Waals surface area (Å²) in [6.45, 7) is 8.21. The third-order valence-electron chi connectivity index (χ3n) is 3.96. The van der Waals surface area contributed by atoms with E-state index in [9.17, 15) is 18.6 Å². The molecule has 1 heterocycles. The standard InChI is InChI=1S/C15H26N2O7S/c1-5-9(4)10(13(18)16-7-6-8(2)3)17-14(19)11-12(15(20)21)24-25(22)23-11/h8-12H,5-7H2,1-4H3,(H,16,18)(H,17,19)(H,20,21)/t9-,10?,11-,12-,25?/m0/s1. The van der Waals surface area contributed by atoms with Crippen LogP contribution in [0.1, 0.15) is 40.5 Å². The third-order valence-corrected chi connectivity index (χ3v) is 4.68. The second-order valence-corrected chi connectivity index (χ2v) is 7.21. The van der Waals surface area contributed by atoms with Gasteiger partial charge in [0.1, 0.15) is 6.04 Å². The summed E-state index contributed by atoms with van der Waals surface area (Å²) in [6.07, 6.45) is -1.83. The van der Waals surface area contributed by atoms with Gasteiger partial charge in [-0.15, -0.1) is 0 Å². The second kappa shape index (κ2) is 9.83. The lowest BCUT2D eigenvalue weighted by atomic mass is 9.97. The number of rotatable bonds is 9. The maximum Gasteiger partial charge on any atom is 0.337 e. The highest BCUT2D eigenvalue weighted by Gasteiger charge is 2.46. The summed E-state index contributed by atoms with van der Waals surface area (Å²) >= 11 is -2.31. The van der Waals surface area contributed by atoms with Gasteiger partial charge in [0.15, 0.2) is 6.10 Å². The van der Waals surface area contributed by atoms with Gasteiger partial charge in [-0.2, -0.15) is 4.21 Å². The van der Waals surface area contributed by atoms with Crippen LogP contribution in [0.15, 0.2) is 0 Å². The minimum absolute atomic E-state index is 0.181.